The first-order chi connectivity index (χ1) is 16.3. The van der Waals surface area contributed by atoms with E-state index in [0.717, 1.165) is 28.2 Å². The highest BCUT2D eigenvalue weighted by atomic mass is 35.5. The topological polar surface area (TPSA) is 79.8 Å². The molecule has 11 heteroatoms. The second kappa shape index (κ2) is 13.5. The first kappa shape index (κ1) is 29.4. The summed E-state index contributed by atoms with van der Waals surface area (Å²) in [7, 11) is -2.08. The molecule has 0 unspecified atom stereocenters. The third-order valence-electron chi connectivity index (χ3n) is 5.66. The van der Waals surface area contributed by atoms with E-state index in [1.165, 1.54) is 30.6 Å². The lowest BCUT2D eigenvalue weighted by Gasteiger charge is -2.24. The highest BCUT2D eigenvalue weighted by molar-refractivity contribution is 7.98. The monoisotopic (exact) mass is 557 g/mol. The Hall–Kier alpha value is -1.85. The number of rotatable bonds is 12. The smallest absolute Gasteiger partial charge is 0.229 e. The second-order valence-corrected chi connectivity index (χ2v) is 11.6. The van der Waals surface area contributed by atoms with Gasteiger partial charge in [-0.15, -0.1) is 24.2 Å². The SMILES string of the molecule is CCN(CC)CCN(C(=O)CCS(=O)(=O)c1ccc(OC)cc1)c1nc2c(SC)cccc2s1.Cl. The van der Waals surface area contributed by atoms with Gasteiger partial charge in [0.25, 0.3) is 0 Å². The molecule has 3 rings (SSSR count). The number of ether oxygens (including phenoxy) is 1. The molecule has 0 saturated carbocycles. The Balaban J connectivity index is 0.00000432. The van der Waals surface area contributed by atoms with Crippen molar-refractivity contribution in [2.75, 3.05) is 50.2 Å². The van der Waals surface area contributed by atoms with E-state index in [1.54, 1.807) is 28.8 Å². The molecule has 0 N–H and O–H groups in total. The molecule has 0 atom stereocenters. The number of para-hydroxylation sites is 1. The fourth-order valence-corrected chi connectivity index (χ4v) is 6.45. The Morgan fingerprint density at radius 1 is 1.09 bits per heavy atom. The molecule has 0 fully saturated rings. The molecular weight excluding hydrogens is 526 g/mol. The molecule has 0 aliphatic carbocycles. The minimum atomic E-state index is -3.61. The largest absolute Gasteiger partial charge is 0.497 e. The zero-order valence-corrected chi connectivity index (χ0v) is 23.7. The Morgan fingerprint density at radius 3 is 2.37 bits per heavy atom. The molecule has 7 nitrogen and oxygen atoms in total. The lowest BCUT2D eigenvalue weighted by Crippen LogP contribution is -2.39. The Bertz CT molecular complexity index is 1210. The molecule has 1 heterocycles. The zero-order chi connectivity index (χ0) is 24.7. The van der Waals surface area contributed by atoms with Crippen LogP contribution < -0.4 is 9.64 Å². The molecule has 3 aromatic rings. The van der Waals surface area contributed by atoms with Crippen LogP contribution in [0.5, 0.6) is 5.75 Å². The van der Waals surface area contributed by atoms with Crippen LogP contribution in [-0.2, 0) is 14.6 Å². The quantitative estimate of drug-likeness (QED) is 0.290. The van der Waals surface area contributed by atoms with E-state index in [2.05, 4.69) is 18.7 Å². The molecule has 192 valence electrons. The fraction of sp³-hybridized carbons (Fsp3) is 0.417. The van der Waals surface area contributed by atoms with Gasteiger partial charge in [-0.2, -0.15) is 0 Å². The number of halogens is 1. The number of amides is 1. The van der Waals surface area contributed by atoms with Gasteiger partial charge in [0.2, 0.25) is 5.91 Å². The van der Waals surface area contributed by atoms with Gasteiger partial charge in [-0.25, -0.2) is 13.4 Å². The van der Waals surface area contributed by atoms with Crippen molar-refractivity contribution in [3.05, 3.63) is 42.5 Å². The molecule has 0 aliphatic heterocycles. The predicted molar refractivity (Wildman–Crippen MR) is 148 cm³/mol. The van der Waals surface area contributed by atoms with Crippen molar-refractivity contribution in [1.82, 2.24) is 9.88 Å². The van der Waals surface area contributed by atoms with Crippen molar-refractivity contribution in [1.29, 1.82) is 0 Å². The highest BCUT2D eigenvalue weighted by Crippen LogP contribution is 2.34. The van der Waals surface area contributed by atoms with E-state index in [1.807, 2.05) is 24.5 Å². The van der Waals surface area contributed by atoms with Crippen molar-refractivity contribution in [3.63, 3.8) is 0 Å². The van der Waals surface area contributed by atoms with E-state index >= 15 is 0 Å². The number of methoxy groups -OCH3 is 1. The van der Waals surface area contributed by atoms with Crippen LogP contribution in [0.4, 0.5) is 5.13 Å². The van der Waals surface area contributed by atoms with Gasteiger partial charge in [0, 0.05) is 24.4 Å². The summed E-state index contributed by atoms with van der Waals surface area (Å²) in [5.74, 6) is 0.0769. The number of carbonyl (C=O) groups is 1. The Labute approximate surface area is 222 Å². The number of sulfone groups is 1. The van der Waals surface area contributed by atoms with Crippen molar-refractivity contribution >= 4 is 66.6 Å². The van der Waals surface area contributed by atoms with Gasteiger partial charge in [-0.05, 0) is 55.7 Å². The van der Waals surface area contributed by atoms with E-state index in [-0.39, 0.29) is 35.4 Å². The van der Waals surface area contributed by atoms with Crippen LogP contribution in [0, 0.1) is 0 Å². The second-order valence-electron chi connectivity index (χ2n) is 7.62. The predicted octanol–water partition coefficient (Wildman–Crippen LogP) is 4.99. The number of benzene rings is 2. The number of thioether (sulfide) groups is 1. The van der Waals surface area contributed by atoms with Crippen LogP contribution in [0.25, 0.3) is 10.2 Å². The maximum Gasteiger partial charge on any atom is 0.229 e. The fourth-order valence-electron chi connectivity index (χ4n) is 3.56. The molecule has 1 aromatic heterocycles. The Morgan fingerprint density at radius 2 is 1.77 bits per heavy atom. The highest BCUT2D eigenvalue weighted by Gasteiger charge is 2.24. The van der Waals surface area contributed by atoms with Gasteiger partial charge in [-0.1, -0.05) is 31.3 Å². The van der Waals surface area contributed by atoms with Crippen LogP contribution in [0.15, 0.2) is 52.3 Å². The summed E-state index contributed by atoms with van der Waals surface area (Å²) in [6, 6.07) is 12.2. The van der Waals surface area contributed by atoms with Gasteiger partial charge >= 0.3 is 0 Å². The third kappa shape index (κ3) is 7.33. The molecular formula is C24H32ClN3O4S3. The molecule has 2 aromatic carbocycles. The van der Waals surface area contributed by atoms with Crippen molar-refractivity contribution in [2.24, 2.45) is 0 Å². The number of anilines is 1. The van der Waals surface area contributed by atoms with Crippen molar-refractivity contribution in [2.45, 2.75) is 30.1 Å². The van der Waals surface area contributed by atoms with E-state index in [0.29, 0.717) is 24.0 Å². The summed E-state index contributed by atoms with van der Waals surface area (Å²) < 4.78 is 31.8. The number of fused-ring (bicyclic) bond motifs is 1. The van der Waals surface area contributed by atoms with E-state index in [4.69, 9.17) is 9.72 Å². The van der Waals surface area contributed by atoms with Crippen LogP contribution in [0.3, 0.4) is 0 Å². The third-order valence-corrected chi connectivity index (χ3v) is 9.20. The Kier molecular flexibility index (Phi) is 11.3. The van der Waals surface area contributed by atoms with Crippen LogP contribution in [-0.4, -0.2) is 69.5 Å². The average Bonchev–Trinajstić information content (AvgIpc) is 3.29. The van der Waals surface area contributed by atoms with E-state index < -0.39 is 9.84 Å². The summed E-state index contributed by atoms with van der Waals surface area (Å²) in [5.41, 5.74) is 0.876. The number of carbonyl (C=O) groups excluding carboxylic acids is 1. The van der Waals surface area contributed by atoms with Gasteiger partial charge in [-0.3, -0.25) is 9.69 Å². The number of thiazole rings is 1. The van der Waals surface area contributed by atoms with Crippen LogP contribution in [0.1, 0.15) is 20.3 Å². The lowest BCUT2D eigenvalue weighted by molar-refractivity contribution is -0.118. The summed E-state index contributed by atoms with van der Waals surface area (Å²) in [6.45, 7) is 7.06. The minimum Gasteiger partial charge on any atom is -0.497 e. The maximum absolute atomic E-state index is 13.3. The standard InChI is InChI=1S/C24H31N3O4S3.ClH/c1-5-26(6-2)15-16-27(24-25-23-20(32-4)8-7-9-21(23)33-24)22(28)14-17-34(29,30)19-12-10-18(31-3)11-13-19;/h7-13H,5-6,14-17H2,1-4H3;1H. The molecule has 0 bridgehead atoms. The zero-order valence-electron chi connectivity index (χ0n) is 20.4. The van der Waals surface area contributed by atoms with Crippen molar-refractivity contribution < 1.29 is 17.9 Å². The van der Waals surface area contributed by atoms with Gasteiger partial charge < -0.3 is 9.64 Å². The lowest BCUT2D eigenvalue weighted by atomic mass is 10.3. The molecule has 0 radical (unpaired) electrons. The van der Waals surface area contributed by atoms with Gasteiger partial charge in [0.1, 0.15) is 5.75 Å². The minimum absolute atomic E-state index is 0. The first-order valence-corrected chi connectivity index (χ1v) is 14.8. The molecule has 0 saturated heterocycles. The summed E-state index contributed by atoms with van der Waals surface area (Å²) in [5, 5.41) is 0.607. The summed E-state index contributed by atoms with van der Waals surface area (Å²) >= 11 is 3.08. The maximum atomic E-state index is 13.3. The van der Waals surface area contributed by atoms with Crippen LogP contribution >= 0.6 is 35.5 Å². The van der Waals surface area contributed by atoms with Gasteiger partial charge in [0.05, 0.1) is 28.0 Å². The van der Waals surface area contributed by atoms with Gasteiger partial charge in [0.15, 0.2) is 15.0 Å². The number of aromatic nitrogens is 1. The number of likely N-dealkylation sites (N-methyl/N-ethyl adjacent to an activating group) is 1. The molecule has 1 amide bonds. The summed E-state index contributed by atoms with van der Waals surface area (Å²) in [6.07, 6.45) is 1.89. The molecule has 35 heavy (non-hydrogen) atoms. The summed E-state index contributed by atoms with van der Waals surface area (Å²) in [4.78, 5) is 23.2. The van der Waals surface area contributed by atoms with E-state index in [9.17, 15) is 13.2 Å². The van der Waals surface area contributed by atoms with Crippen molar-refractivity contribution in [3.8, 4) is 5.75 Å². The first-order valence-electron chi connectivity index (χ1n) is 11.2. The number of hydrogen-bond donors (Lipinski definition) is 0. The average molecular weight is 558 g/mol. The molecule has 0 spiro atoms. The number of hydrogen-bond acceptors (Lipinski definition) is 8. The van der Waals surface area contributed by atoms with Crippen LogP contribution in [0.2, 0.25) is 0 Å². The molecule has 0 aliphatic rings. The number of nitrogens with zero attached hydrogens (tertiary/aromatic N) is 3. The normalized spacial score (nSPS) is 11.5.